The molecule has 1 N–H and O–H groups in total. The molecule has 1 saturated heterocycles. The van der Waals surface area contributed by atoms with Gasteiger partial charge in [-0.05, 0) is 30.7 Å². The van der Waals surface area contributed by atoms with Crippen molar-refractivity contribution in [3.63, 3.8) is 0 Å². The number of carbonyl (C=O) groups is 1. The first-order valence-corrected chi connectivity index (χ1v) is 9.86. The smallest absolute Gasteiger partial charge is 0.243 e. The van der Waals surface area contributed by atoms with Crippen LogP contribution >= 0.6 is 11.8 Å². The van der Waals surface area contributed by atoms with Gasteiger partial charge in [0.15, 0.2) is 0 Å². The predicted molar refractivity (Wildman–Crippen MR) is 90.6 cm³/mol. The Hall–Kier alpha value is -1.05. The zero-order chi connectivity index (χ0) is 16.3. The van der Waals surface area contributed by atoms with Crippen molar-refractivity contribution < 1.29 is 13.2 Å². The summed E-state index contributed by atoms with van der Waals surface area (Å²) in [5.74, 6) is 0.643. The Bertz CT molecular complexity index is 629. The Balaban J connectivity index is 2.27. The topological polar surface area (TPSA) is 66.5 Å². The van der Waals surface area contributed by atoms with Crippen LogP contribution in [0.25, 0.3) is 0 Å². The fraction of sp³-hybridized carbons (Fsp3) is 0.533. The highest BCUT2D eigenvalue weighted by atomic mass is 32.2. The van der Waals surface area contributed by atoms with E-state index in [4.69, 9.17) is 0 Å². The lowest BCUT2D eigenvalue weighted by Gasteiger charge is -2.38. The zero-order valence-electron chi connectivity index (χ0n) is 13.1. The molecule has 5 nitrogen and oxygen atoms in total. The van der Waals surface area contributed by atoms with E-state index in [2.05, 4.69) is 12.2 Å². The Morgan fingerprint density at radius 3 is 2.55 bits per heavy atom. The molecule has 1 aromatic rings. The summed E-state index contributed by atoms with van der Waals surface area (Å²) in [6, 6.07) is 6.38. The highest BCUT2D eigenvalue weighted by Gasteiger charge is 2.36. The number of hydrogen-bond donors (Lipinski definition) is 1. The number of thioether (sulfide) groups is 1. The largest absolute Gasteiger partial charge is 0.326 e. The molecule has 2 atom stereocenters. The number of hydrogen-bond acceptors (Lipinski definition) is 4. The average Bonchev–Trinajstić information content (AvgIpc) is 2.47. The summed E-state index contributed by atoms with van der Waals surface area (Å²) in [6.45, 7) is 6.07. The second kappa shape index (κ2) is 7.02. The van der Waals surface area contributed by atoms with Crippen LogP contribution in [0.1, 0.15) is 27.2 Å². The Kier molecular flexibility index (Phi) is 5.52. The monoisotopic (exact) mass is 342 g/mol. The van der Waals surface area contributed by atoms with Gasteiger partial charge in [0.2, 0.25) is 15.9 Å². The van der Waals surface area contributed by atoms with Crippen LogP contribution in [-0.4, -0.2) is 42.2 Å². The number of nitrogens with one attached hydrogen (secondary N) is 1. The molecule has 0 saturated carbocycles. The molecule has 1 aliphatic heterocycles. The summed E-state index contributed by atoms with van der Waals surface area (Å²) in [4.78, 5) is 11.3. The van der Waals surface area contributed by atoms with Crippen LogP contribution in [0, 0.1) is 0 Å². The van der Waals surface area contributed by atoms with Crippen LogP contribution < -0.4 is 5.32 Å². The van der Waals surface area contributed by atoms with E-state index in [-0.39, 0.29) is 16.8 Å². The van der Waals surface area contributed by atoms with Crippen molar-refractivity contribution in [2.75, 3.05) is 17.6 Å². The number of carbonyl (C=O) groups excluding carboxylic acids is 1. The molecule has 22 heavy (non-hydrogen) atoms. The number of anilines is 1. The van der Waals surface area contributed by atoms with E-state index < -0.39 is 10.0 Å². The molecule has 122 valence electrons. The fourth-order valence-electron chi connectivity index (χ4n) is 2.72. The second-order valence-corrected chi connectivity index (χ2v) is 8.75. The van der Waals surface area contributed by atoms with E-state index >= 15 is 0 Å². The standard InChI is InChI=1S/C15H22N2O3S2/c1-4-15-11(2)21-10-9-17(15)22(19,20)14-7-5-13(6-8-14)16-12(3)18/h5-8,11,15H,4,9-10H2,1-3H3,(H,16,18). The molecular formula is C15H22N2O3S2. The Morgan fingerprint density at radius 2 is 2.00 bits per heavy atom. The van der Waals surface area contributed by atoms with Gasteiger partial charge in [-0.15, -0.1) is 0 Å². The molecule has 0 aromatic heterocycles. The zero-order valence-corrected chi connectivity index (χ0v) is 14.7. The van der Waals surface area contributed by atoms with Gasteiger partial charge in [0.05, 0.1) is 4.90 Å². The van der Waals surface area contributed by atoms with Gasteiger partial charge in [0, 0.05) is 36.2 Å². The van der Waals surface area contributed by atoms with E-state index in [1.54, 1.807) is 28.6 Å². The number of rotatable bonds is 4. The minimum absolute atomic E-state index is 0.0266. The van der Waals surface area contributed by atoms with Gasteiger partial charge in [-0.3, -0.25) is 4.79 Å². The maximum atomic E-state index is 12.9. The molecule has 2 unspecified atom stereocenters. The third-order valence-electron chi connectivity index (χ3n) is 3.80. The molecular weight excluding hydrogens is 320 g/mol. The summed E-state index contributed by atoms with van der Waals surface area (Å²) in [5, 5.41) is 2.94. The maximum absolute atomic E-state index is 12.9. The summed E-state index contributed by atoms with van der Waals surface area (Å²) >= 11 is 1.82. The lowest BCUT2D eigenvalue weighted by atomic mass is 10.1. The van der Waals surface area contributed by atoms with Crippen molar-refractivity contribution in [1.29, 1.82) is 0 Å². The number of benzene rings is 1. The lowest BCUT2D eigenvalue weighted by Crippen LogP contribution is -2.49. The predicted octanol–water partition coefficient (Wildman–Crippen LogP) is 2.55. The molecule has 0 bridgehead atoms. The van der Waals surface area contributed by atoms with E-state index in [9.17, 15) is 13.2 Å². The van der Waals surface area contributed by atoms with Crippen LogP contribution in [0.4, 0.5) is 5.69 Å². The number of amides is 1. The van der Waals surface area contributed by atoms with Crippen LogP contribution in [0.2, 0.25) is 0 Å². The fourth-order valence-corrected chi connectivity index (χ4v) is 5.92. The molecule has 1 fully saturated rings. The first-order chi connectivity index (χ1) is 10.4. The highest BCUT2D eigenvalue weighted by molar-refractivity contribution is 8.00. The van der Waals surface area contributed by atoms with Crippen LogP contribution in [0.15, 0.2) is 29.2 Å². The maximum Gasteiger partial charge on any atom is 0.243 e. The van der Waals surface area contributed by atoms with Crippen molar-refractivity contribution in [3.8, 4) is 0 Å². The van der Waals surface area contributed by atoms with Gasteiger partial charge >= 0.3 is 0 Å². The quantitative estimate of drug-likeness (QED) is 0.913. The molecule has 7 heteroatoms. The van der Waals surface area contributed by atoms with E-state index in [0.717, 1.165) is 12.2 Å². The van der Waals surface area contributed by atoms with E-state index in [1.165, 1.54) is 6.92 Å². The Labute approximate surface area is 136 Å². The molecule has 0 radical (unpaired) electrons. The minimum Gasteiger partial charge on any atom is -0.326 e. The van der Waals surface area contributed by atoms with E-state index in [0.29, 0.717) is 17.5 Å². The first kappa shape index (κ1) is 17.3. The van der Waals surface area contributed by atoms with Gasteiger partial charge in [-0.2, -0.15) is 16.1 Å². The number of nitrogens with zero attached hydrogens (tertiary/aromatic N) is 1. The van der Waals surface area contributed by atoms with Gasteiger partial charge in [-0.25, -0.2) is 8.42 Å². The van der Waals surface area contributed by atoms with Crippen LogP contribution in [0.5, 0.6) is 0 Å². The molecule has 1 heterocycles. The SMILES string of the molecule is CCC1C(C)SCCN1S(=O)(=O)c1ccc(NC(C)=O)cc1. The van der Waals surface area contributed by atoms with Crippen molar-refractivity contribution in [2.45, 2.75) is 43.4 Å². The van der Waals surface area contributed by atoms with Crippen molar-refractivity contribution in [1.82, 2.24) is 4.31 Å². The van der Waals surface area contributed by atoms with Gasteiger partial charge in [0.1, 0.15) is 0 Å². The van der Waals surface area contributed by atoms with Crippen molar-refractivity contribution in [3.05, 3.63) is 24.3 Å². The van der Waals surface area contributed by atoms with Crippen molar-refractivity contribution in [2.24, 2.45) is 0 Å². The van der Waals surface area contributed by atoms with Gasteiger partial charge in [0.25, 0.3) is 0 Å². The summed E-state index contributed by atoms with van der Waals surface area (Å²) in [7, 11) is -3.49. The van der Waals surface area contributed by atoms with Crippen molar-refractivity contribution >= 4 is 33.4 Å². The van der Waals surface area contributed by atoms with Crippen LogP contribution in [-0.2, 0) is 14.8 Å². The minimum atomic E-state index is -3.49. The third-order valence-corrected chi connectivity index (χ3v) is 7.00. The molecule has 1 aromatic carbocycles. The average molecular weight is 342 g/mol. The molecule has 1 aliphatic rings. The normalized spacial score (nSPS) is 23.2. The highest BCUT2D eigenvalue weighted by Crippen LogP contribution is 2.31. The summed E-state index contributed by atoms with van der Waals surface area (Å²) in [5.41, 5.74) is 0.598. The summed E-state index contributed by atoms with van der Waals surface area (Å²) < 4.78 is 27.4. The summed E-state index contributed by atoms with van der Waals surface area (Å²) in [6.07, 6.45) is 0.803. The molecule has 1 amide bonds. The Morgan fingerprint density at radius 1 is 1.36 bits per heavy atom. The third kappa shape index (κ3) is 3.64. The molecule has 2 rings (SSSR count). The van der Waals surface area contributed by atoms with Gasteiger partial charge < -0.3 is 5.32 Å². The number of sulfonamides is 1. The molecule has 0 spiro atoms. The van der Waals surface area contributed by atoms with Crippen LogP contribution in [0.3, 0.4) is 0 Å². The first-order valence-electron chi connectivity index (χ1n) is 7.37. The lowest BCUT2D eigenvalue weighted by molar-refractivity contribution is -0.114. The second-order valence-electron chi connectivity index (χ2n) is 5.37. The van der Waals surface area contributed by atoms with E-state index in [1.807, 2.05) is 18.7 Å². The molecule has 0 aliphatic carbocycles. The van der Waals surface area contributed by atoms with Gasteiger partial charge in [-0.1, -0.05) is 13.8 Å².